The molecule has 0 spiro atoms. The van der Waals surface area contributed by atoms with Crippen LogP contribution in [-0.2, 0) is 7.05 Å². The molecule has 1 fully saturated rings. The highest BCUT2D eigenvalue weighted by Gasteiger charge is 2.29. The summed E-state index contributed by atoms with van der Waals surface area (Å²) in [6.07, 6.45) is 4.18. The lowest BCUT2D eigenvalue weighted by atomic mass is 9.99. The molecule has 5 nitrogen and oxygen atoms in total. The third-order valence-electron chi connectivity index (χ3n) is 5.15. The highest BCUT2D eigenvalue weighted by Crippen LogP contribution is 2.43. The van der Waals surface area contributed by atoms with Gasteiger partial charge < -0.3 is 13.7 Å². The molecule has 0 amide bonds. The maximum atomic E-state index is 12.6. The summed E-state index contributed by atoms with van der Waals surface area (Å²) < 4.78 is 11.3. The van der Waals surface area contributed by atoms with E-state index in [9.17, 15) is 4.79 Å². The van der Waals surface area contributed by atoms with Crippen LogP contribution in [0.3, 0.4) is 0 Å². The molecule has 0 bridgehead atoms. The number of oxazole rings is 1. The van der Waals surface area contributed by atoms with E-state index in [0.29, 0.717) is 11.3 Å². The fourth-order valence-corrected chi connectivity index (χ4v) is 4.03. The topological polar surface area (TPSA) is 60.1 Å². The first-order valence-electron chi connectivity index (χ1n) is 9.56. The average molecular weight is 391 g/mol. The molecule has 5 rings (SSSR count). The molecule has 142 valence electrons. The zero-order valence-corrected chi connectivity index (χ0v) is 16.7. The third-order valence-corrected chi connectivity index (χ3v) is 5.82. The van der Waals surface area contributed by atoms with Crippen LogP contribution in [0, 0.1) is 0 Å². The number of aryl methyl sites for hydroxylation is 1. The number of rotatable bonds is 5. The minimum atomic E-state index is 0.00245. The number of fused-ring (bicyclic) bond motifs is 2. The van der Waals surface area contributed by atoms with E-state index in [4.69, 9.17) is 9.40 Å². The Bertz CT molecular complexity index is 1250. The number of nitrogens with zero attached hydrogens (tertiary/aromatic N) is 2. The molecule has 0 unspecified atom stereocenters. The minimum Gasteiger partial charge on any atom is -0.440 e. The second kappa shape index (κ2) is 6.71. The highest BCUT2D eigenvalue weighted by atomic mass is 32.2. The summed E-state index contributed by atoms with van der Waals surface area (Å²) in [6, 6.07) is 11.9. The van der Waals surface area contributed by atoms with E-state index in [0.717, 1.165) is 57.8 Å². The number of anilines is 1. The number of aromatic nitrogens is 2. The van der Waals surface area contributed by atoms with Crippen molar-refractivity contribution in [3.8, 4) is 11.1 Å². The second-order valence-corrected chi connectivity index (χ2v) is 8.31. The predicted octanol–water partition coefficient (Wildman–Crippen LogP) is 5.30. The molecule has 1 aliphatic carbocycles. The molecule has 0 atom stereocenters. The smallest absolute Gasteiger partial charge is 0.258 e. The van der Waals surface area contributed by atoms with Crippen LogP contribution in [0.1, 0.15) is 31.6 Å². The van der Waals surface area contributed by atoms with Gasteiger partial charge in [0.05, 0.1) is 0 Å². The number of benzene rings is 2. The Morgan fingerprint density at radius 1 is 1.21 bits per heavy atom. The Morgan fingerprint density at radius 2 is 2.00 bits per heavy atom. The van der Waals surface area contributed by atoms with Gasteiger partial charge in [0.15, 0.2) is 11.5 Å². The number of hydrogen-bond donors (Lipinski definition) is 1. The summed E-state index contributed by atoms with van der Waals surface area (Å²) >= 11 is 1.64. The first-order chi connectivity index (χ1) is 13.7. The summed E-state index contributed by atoms with van der Waals surface area (Å²) in [5.41, 5.74) is 4.58. The zero-order chi connectivity index (χ0) is 19.3. The van der Waals surface area contributed by atoms with E-state index in [-0.39, 0.29) is 5.56 Å². The van der Waals surface area contributed by atoms with Gasteiger partial charge in [0.1, 0.15) is 5.52 Å². The van der Waals surface area contributed by atoms with E-state index >= 15 is 0 Å². The maximum absolute atomic E-state index is 12.6. The molecule has 1 N–H and O–H groups in total. The van der Waals surface area contributed by atoms with Gasteiger partial charge in [-0.1, -0.05) is 37.1 Å². The summed E-state index contributed by atoms with van der Waals surface area (Å²) in [7, 11) is 1.79. The van der Waals surface area contributed by atoms with Crippen LogP contribution in [0.15, 0.2) is 51.8 Å². The normalized spacial score (nSPS) is 14.1. The van der Waals surface area contributed by atoms with Crippen molar-refractivity contribution >= 4 is 39.5 Å². The Kier molecular flexibility index (Phi) is 4.16. The lowest BCUT2D eigenvalue weighted by Gasteiger charge is -2.12. The maximum Gasteiger partial charge on any atom is 0.258 e. The van der Waals surface area contributed by atoms with E-state index < -0.39 is 0 Å². The van der Waals surface area contributed by atoms with Crippen molar-refractivity contribution in [2.45, 2.75) is 25.7 Å². The largest absolute Gasteiger partial charge is 0.440 e. The van der Waals surface area contributed by atoms with Gasteiger partial charge in [0, 0.05) is 47.1 Å². The second-order valence-electron chi connectivity index (χ2n) is 7.24. The lowest BCUT2D eigenvalue weighted by molar-refractivity contribution is 0.534. The summed E-state index contributed by atoms with van der Waals surface area (Å²) in [4.78, 5) is 17.4. The van der Waals surface area contributed by atoms with Crippen molar-refractivity contribution in [3.63, 3.8) is 0 Å². The molecule has 0 saturated heterocycles. The molecule has 1 aliphatic rings. The average Bonchev–Trinajstić information content (AvgIpc) is 3.48. The van der Waals surface area contributed by atoms with Gasteiger partial charge in [-0.15, -0.1) is 0 Å². The lowest BCUT2D eigenvalue weighted by Crippen LogP contribution is -2.16. The van der Waals surface area contributed by atoms with Crippen LogP contribution in [0.5, 0.6) is 0 Å². The molecule has 0 radical (unpaired) electrons. The number of pyridine rings is 1. The van der Waals surface area contributed by atoms with Crippen molar-refractivity contribution in [2.75, 3.05) is 10.5 Å². The molecule has 6 heteroatoms. The Hall–Kier alpha value is -2.73. The van der Waals surface area contributed by atoms with Gasteiger partial charge in [-0.25, -0.2) is 4.98 Å². The van der Waals surface area contributed by atoms with Gasteiger partial charge in [-0.05, 0) is 36.4 Å². The molecule has 2 aromatic heterocycles. The Balaban J connectivity index is 1.81. The van der Waals surface area contributed by atoms with Crippen molar-refractivity contribution in [1.82, 2.24) is 9.55 Å². The highest BCUT2D eigenvalue weighted by molar-refractivity contribution is 8.00. The van der Waals surface area contributed by atoms with E-state index in [1.165, 1.54) is 0 Å². The SMILES string of the molecule is CCSNc1cc(-c2cn(C)c(=O)c3ccccc23)c2oc(C3CC3)nc2c1. The number of nitrogens with one attached hydrogen (secondary N) is 1. The first kappa shape index (κ1) is 17.4. The van der Waals surface area contributed by atoms with Gasteiger partial charge in [0.2, 0.25) is 0 Å². The number of hydrogen-bond acceptors (Lipinski definition) is 5. The fraction of sp³-hybridized carbons (Fsp3) is 0.273. The molecule has 1 saturated carbocycles. The summed E-state index contributed by atoms with van der Waals surface area (Å²) in [6.45, 7) is 2.11. The van der Waals surface area contributed by atoms with Crippen LogP contribution in [0.2, 0.25) is 0 Å². The molecule has 0 aliphatic heterocycles. The van der Waals surface area contributed by atoms with E-state index in [1.807, 2.05) is 36.5 Å². The van der Waals surface area contributed by atoms with Crippen molar-refractivity contribution in [2.24, 2.45) is 7.05 Å². The van der Waals surface area contributed by atoms with Gasteiger partial charge in [-0.2, -0.15) is 0 Å². The zero-order valence-electron chi connectivity index (χ0n) is 15.9. The molecule has 2 aromatic carbocycles. The van der Waals surface area contributed by atoms with Crippen LogP contribution in [0.4, 0.5) is 5.69 Å². The van der Waals surface area contributed by atoms with Gasteiger partial charge in [-0.3, -0.25) is 4.79 Å². The van der Waals surface area contributed by atoms with Crippen LogP contribution >= 0.6 is 11.9 Å². The quantitative estimate of drug-likeness (QED) is 0.468. The van der Waals surface area contributed by atoms with Crippen LogP contribution < -0.4 is 10.3 Å². The molecule has 28 heavy (non-hydrogen) atoms. The Morgan fingerprint density at radius 3 is 2.75 bits per heavy atom. The summed E-state index contributed by atoms with van der Waals surface area (Å²) in [5.74, 6) is 2.23. The molecular weight excluding hydrogens is 370 g/mol. The van der Waals surface area contributed by atoms with E-state index in [1.54, 1.807) is 23.6 Å². The minimum absolute atomic E-state index is 0.00245. The van der Waals surface area contributed by atoms with Gasteiger partial charge in [0.25, 0.3) is 5.56 Å². The van der Waals surface area contributed by atoms with E-state index in [2.05, 4.69) is 17.7 Å². The molecule has 2 heterocycles. The van der Waals surface area contributed by atoms with Crippen LogP contribution in [0.25, 0.3) is 33.0 Å². The van der Waals surface area contributed by atoms with Crippen molar-refractivity contribution in [1.29, 1.82) is 0 Å². The van der Waals surface area contributed by atoms with Gasteiger partial charge >= 0.3 is 0 Å². The van der Waals surface area contributed by atoms with Crippen molar-refractivity contribution < 1.29 is 4.42 Å². The molecular formula is C22H21N3O2S. The third kappa shape index (κ3) is 2.88. The van der Waals surface area contributed by atoms with Crippen molar-refractivity contribution in [3.05, 3.63) is 58.8 Å². The monoisotopic (exact) mass is 391 g/mol. The summed E-state index contributed by atoms with van der Waals surface area (Å²) in [5, 5.41) is 1.63. The Labute approximate surface area is 166 Å². The fourth-order valence-electron chi connectivity index (χ4n) is 3.60. The first-order valence-corrected chi connectivity index (χ1v) is 10.6. The standard InChI is InChI=1S/C22H21N3O2S/c1-3-28-24-14-10-17(20-19(11-14)23-21(27-20)13-8-9-13)18-12-25(2)22(26)16-7-5-4-6-15(16)18/h4-7,10-13,24H,3,8-9H2,1-2H3. The predicted molar refractivity (Wildman–Crippen MR) is 116 cm³/mol. The van der Waals surface area contributed by atoms with Crippen LogP contribution in [-0.4, -0.2) is 15.3 Å². The molecule has 4 aromatic rings.